The van der Waals surface area contributed by atoms with Crippen molar-refractivity contribution >= 4 is 11.4 Å². The van der Waals surface area contributed by atoms with Gasteiger partial charge in [-0.3, -0.25) is 10.1 Å². The minimum Gasteiger partial charge on any atom is -0.490 e. The highest BCUT2D eigenvalue weighted by molar-refractivity contribution is 5.60. The van der Waals surface area contributed by atoms with Crippen LogP contribution in [0.15, 0.2) is 12.1 Å². The number of hydrogen-bond acceptors (Lipinski definition) is 5. The Hall–Kier alpha value is -1.89. The van der Waals surface area contributed by atoms with E-state index in [2.05, 4.69) is 0 Å². The summed E-state index contributed by atoms with van der Waals surface area (Å²) in [6, 6.07) is 2.22. The Morgan fingerprint density at radius 2 is 2.37 bits per heavy atom. The maximum Gasteiger partial charge on any atom is 0.313 e. The van der Waals surface area contributed by atoms with E-state index in [0.29, 0.717) is 13.1 Å². The van der Waals surface area contributed by atoms with Crippen molar-refractivity contribution in [3.8, 4) is 5.75 Å². The zero-order valence-corrected chi connectivity index (χ0v) is 10.5. The van der Waals surface area contributed by atoms with Crippen molar-refractivity contribution < 1.29 is 19.2 Å². The first-order valence-electron chi connectivity index (χ1n) is 5.94. The van der Waals surface area contributed by atoms with Gasteiger partial charge in [0.25, 0.3) is 0 Å². The topological polar surface area (TPSA) is 75.8 Å². The van der Waals surface area contributed by atoms with Gasteiger partial charge in [-0.05, 0) is 6.42 Å². The van der Waals surface area contributed by atoms with Gasteiger partial charge in [0, 0.05) is 31.7 Å². The molecule has 1 saturated heterocycles. The third-order valence-corrected chi connectivity index (χ3v) is 3.33. The second-order valence-electron chi connectivity index (χ2n) is 4.52. The van der Waals surface area contributed by atoms with Crippen LogP contribution in [0.4, 0.5) is 15.8 Å². The fourth-order valence-electron chi connectivity index (χ4n) is 2.28. The molecule has 104 valence electrons. The number of halogens is 1. The Bertz CT molecular complexity index is 495. The first kappa shape index (κ1) is 13.5. The Morgan fingerprint density at radius 3 is 2.89 bits per heavy atom. The highest BCUT2D eigenvalue weighted by Gasteiger charge is 2.27. The fraction of sp³-hybridized carbons (Fsp3) is 0.500. The lowest BCUT2D eigenvalue weighted by atomic mass is 10.1. The molecule has 19 heavy (non-hydrogen) atoms. The predicted molar refractivity (Wildman–Crippen MR) is 67.0 cm³/mol. The van der Waals surface area contributed by atoms with Crippen molar-refractivity contribution in [1.82, 2.24) is 0 Å². The van der Waals surface area contributed by atoms with Crippen LogP contribution in [0.2, 0.25) is 0 Å². The van der Waals surface area contributed by atoms with Crippen molar-refractivity contribution in [1.29, 1.82) is 0 Å². The van der Waals surface area contributed by atoms with E-state index in [1.807, 2.05) is 0 Å². The molecule has 7 heteroatoms. The largest absolute Gasteiger partial charge is 0.490 e. The van der Waals surface area contributed by atoms with E-state index in [0.717, 1.165) is 12.5 Å². The molecule has 1 aromatic carbocycles. The molecule has 1 heterocycles. The second kappa shape index (κ2) is 5.40. The molecule has 0 spiro atoms. The molecule has 1 N–H and O–H groups in total. The highest BCUT2D eigenvalue weighted by atomic mass is 19.1. The number of nitro benzene ring substituents is 1. The minimum atomic E-state index is -0.674. The van der Waals surface area contributed by atoms with Gasteiger partial charge >= 0.3 is 5.69 Å². The third kappa shape index (κ3) is 2.60. The summed E-state index contributed by atoms with van der Waals surface area (Å²) in [5.74, 6) is -0.500. The van der Waals surface area contributed by atoms with Gasteiger partial charge in [-0.2, -0.15) is 0 Å². The van der Waals surface area contributed by atoms with Gasteiger partial charge in [0.1, 0.15) is 0 Å². The molecular formula is C12H15FN2O4. The monoisotopic (exact) mass is 270 g/mol. The lowest BCUT2D eigenvalue weighted by Crippen LogP contribution is -2.21. The van der Waals surface area contributed by atoms with Crippen LogP contribution in [0, 0.1) is 21.8 Å². The van der Waals surface area contributed by atoms with E-state index >= 15 is 0 Å². The number of aliphatic hydroxyl groups excluding tert-OH is 1. The maximum absolute atomic E-state index is 13.9. The molecule has 1 aliphatic rings. The first-order valence-corrected chi connectivity index (χ1v) is 5.94. The zero-order chi connectivity index (χ0) is 14.0. The van der Waals surface area contributed by atoms with Gasteiger partial charge in [-0.25, -0.2) is 4.39 Å². The SMILES string of the molecule is COc1cc(N2CCC(CO)C2)c(F)cc1[N+](=O)[O-]. The van der Waals surface area contributed by atoms with Crippen molar-refractivity contribution in [3.63, 3.8) is 0 Å². The standard InChI is InChI=1S/C12H15FN2O4/c1-19-12-5-10(9(13)4-11(12)15(17)18)14-3-2-8(6-14)7-16/h4-5,8,16H,2-3,6-7H2,1H3. The Morgan fingerprint density at radius 1 is 1.63 bits per heavy atom. The summed E-state index contributed by atoms with van der Waals surface area (Å²) in [4.78, 5) is 11.9. The summed E-state index contributed by atoms with van der Waals surface area (Å²) in [7, 11) is 1.31. The van der Waals surface area contributed by atoms with Gasteiger partial charge in [0.15, 0.2) is 11.6 Å². The van der Waals surface area contributed by atoms with Crippen LogP contribution in [0.3, 0.4) is 0 Å². The summed E-state index contributed by atoms with van der Waals surface area (Å²) < 4.78 is 18.9. The number of anilines is 1. The van der Waals surface area contributed by atoms with Gasteiger partial charge in [0.2, 0.25) is 0 Å². The van der Waals surface area contributed by atoms with Crippen LogP contribution >= 0.6 is 0 Å². The average molecular weight is 270 g/mol. The maximum atomic E-state index is 13.9. The summed E-state index contributed by atoms with van der Waals surface area (Å²) in [6.45, 7) is 1.21. The summed E-state index contributed by atoms with van der Waals surface area (Å²) >= 11 is 0. The van der Waals surface area contributed by atoms with Crippen LogP contribution in [-0.2, 0) is 0 Å². The number of aliphatic hydroxyl groups is 1. The molecule has 0 amide bonds. The first-order chi connectivity index (χ1) is 9.06. The van der Waals surface area contributed by atoms with E-state index < -0.39 is 10.7 Å². The molecule has 2 rings (SSSR count). The number of nitrogens with zero attached hydrogens (tertiary/aromatic N) is 2. The summed E-state index contributed by atoms with van der Waals surface area (Å²) in [5, 5.41) is 19.9. The second-order valence-corrected chi connectivity index (χ2v) is 4.52. The Balaban J connectivity index is 2.34. The molecule has 6 nitrogen and oxygen atoms in total. The number of methoxy groups -OCH3 is 1. The molecule has 0 aromatic heterocycles. The van der Waals surface area contributed by atoms with Crippen LogP contribution in [0.1, 0.15) is 6.42 Å². The molecular weight excluding hydrogens is 255 g/mol. The lowest BCUT2D eigenvalue weighted by molar-refractivity contribution is -0.385. The number of benzene rings is 1. The van der Waals surface area contributed by atoms with Gasteiger partial charge < -0.3 is 14.7 Å². The molecule has 0 aliphatic carbocycles. The van der Waals surface area contributed by atoms with E-state index in [1.165, 1.54) is 13.2 Å². The smallest absolute Gasteiger partial charge is 0.313 e. The average Bonchev–Trinajstić information content (AvgIpc) is 2.86. The number of hydrogen-bond donors (Lipinski definition) is 1. The number of ether oxygens (including phenoxy) is 1. The normalized spacial score (nSPS) is 18.7. The minimum absolute atomic E-state index is 0.0360. The van der Waals surface area contributed by atoms with Crippen LogP contribution < -0.4 is 9.64 Å². The van der Waals surface area contributed by atoms with Crippen LogP contribution in [-0.4, -0.2) is 36.8 Å². The molecule has 1 atom stereocenters. The molecule has 1 unspecified atom stereocenters. The van der Waals surface area contributed by atoms with Crippen molar-refractivity contribution in [3.05, 3.63) is 28.1 Å². The van der Waals surface area contributed by atoms with Gasteiger partial charge in [-0.15, -0.1) is 0 Å². The van der Waals surface area contributed by atoms with E-state index in [4.69, 9.17) is 9.84 Å². The predicted octanol–water partition coefficient (Wildman–Crippen LogP) is 1.56. The fourth-order valence-corrected chi connectivity index (χ4v) is 2.28. The van der Waals surface area contributed by atoms with Crippen molar-refractivity contribution in [2.45, 2.75) is 6.42 Å². The van der Waals surface area contributed by atoms with Gasteiger partial charge in [-0.1, -0.05) is 0 Å². The van der Waals surface area contributed by atoms with E-state index in [-0.39, 0.29) is 29.6 Å². The van der Waals surface area contributed by atoms with Crippen LogP contribution in [0.5, 0.6) is 5.75 Å². The molecule has 1 aliphatic heterocycles. The Kier molecular flexibility index (Phi) is 3.84. The molecule has 0 saturated carbocycles. The van der Waals surface area contributed by atoms with E-state index in [9.17, 15) is 14.5 Å². The van der Waals surface area contributed by atoms with E-state index in [1.54, 1.807) is 4.90 Å². The summed E-state index contributed by atoms with van der Waals surface area (Å²) in [5.41, 5.74) is -0.111. The third-order valence-electron chi connectivity index (χ3n) is 3.33. The zero-order valence-electron chi connectivity index (χ0n) is 10.5. The quantitative estimate of drug-likeness (QED) is 0.663. The number of rotatable bonds is 4. The number of nitro groups is 1. The molecule has 0 radical (unpaired) electrons. The van der Waals surface area contributed by atoms with Crippen molar-refractivity contribution in [2.75, 3.05) is 31.7 Å². The molecule has 1 aromatic rings. The Labute approximate surface area is 109 Å². The highest BCUT2D eigenvalue weighted by Crippen LogP contribution is 2.35. The van der Waals surface area contributed by atoms with Gasteiger partial charge in [0.05, 0.1) is 23.8 Å². The van der Waals surface area contributed by atoms with Crippen LogP contribution in [0.25, 0.3) is 0 Å². The summed E-state index contributed by atoms with van der Waals surface area (Å²) in [6.07, 6.45) is 0.773. The lowest BCUT2D eigenvalue weighted by Gasteiger charge is -2.19. The van der Waals surface area contributed by atoms with Crippen molar-refractivity contribution in [2.24, 2.45) is 5.92 Å². The molecule has 0 bridgehead atoms. The molecule has 1 fully saturated rings.